The van der Waals surface area contributed by atoms with Crippen LogP contribution < -0.4 is 0 Å². The van der Waals surface area contributed by atoms with Crippen LogP contribution >= 0.6 is 0 Å². The Morgan fingerprint density at radius 3 is 2.38 bits per heavy atom. The Labute approximate surface area is 81.9 Å². The number of hydrogen-bond acceptors (Lipinski definition) is 2. The third-order valence-electron chi connectivity index (χ3n) is 3.21. The minimum absolute atomic E-state index is 0.240. The minimum atomic E-state index is 0.240. The van der Waals surface area contributed by atoms with Crippen LogP contribution in [0.5, 0.6) is 0 Å². The fraction of sp³-hybridized carbons (Fsp3) is 1.00. The Morgan fingerprint density at radius 2 is 1.92 bits per heavy atom. The van der Waals surface area contributed by atoms with Crippen LogP contribution in [-0.4, -0.2) is 36.8 Å². The Bertz CT molecular complexity index is 141. The predicted octanol–water partition coefficient (Wildman–Crippen LogP) is 1.88. The van der Waals surface area contributed by atoms with Crippen molar-refractivity contribution in [1.82, 2.24) is 4.90 Å². The topological polar surface area (TPSA) is 23.5 Å². The van der Waals surface area contributed by atoms with Crippen molar-refractivity contribution in [3.63, 3.8) is 0 Å². The molecule has 1 saturated carbocycles. The molecule has 0 bridgehead atoms. The summed E-state index contributed by atoms with van der Waals surface area (Å²) in [4.78, 5) is 2.36. The Hall–Kier alpha value is -0.0800. The molecule has 0 saturated heterocycles. The molecule has 1 N–H and O–H groups in total. The van der Waals surface area contributed by atoms with Gasteiger partial charge in [-0.1, -0.05) is 19.8 Å². The molecule has 1 fully saturated rings. The molecule has 0 aromatic carbocycles. The second-order valence-corrected chi connectivity index (χ2v) is 4.60. The maximum absolute atomic E-state index is 9.41. The first-order valence-electron chi connectivity index (χ1n) is 5.52. The number of hydrogen-bond donors (Lipinski definition) is 1. The van der Waals surface area contributed by atoms with Crippen molar-refractivity contribution in [3.05, 3.63) is 0 Å². The van der Waals surface area contributed by atoms with Crippen molar-refractivity contribution in [1.29, 1.82) is 0 Å². The zero-order valence-electron chi connectivity index (χ0n) is 9.05. The fourth-order valence-electron chi connectivity index (χ4n) is 2.52. The molecule has 0 amide bonds. The minimum Gasteiger partial charge on any atom is -0.396 e. The van der Waals surface area contributed by atoms with Gasteiger partial charge in [0, 0.05) is 18.6 Å². The van der Waals surface area contributed by atoms with Crippen LogP contribution in [0.15, 0.2) is 0 Å². The molecule has 1 aliphatic rings. The highest BCUT2D eigenvalue weighted by Gasteiger charge is 2.33. The van der Waals surface area contributed by atoms with E-state index in [1.807, 2.05) is 0 Å². The Morgan fingerprint density at radius 1 is 1.31 bits per heavy atom. The predicted molar refractivity (Wildman–Crippen MR) is 55.8 cm³/mol. The van der Waals surface area contributed by atoms with Gasteiger partial charge in [0.25, 0.3) is 0 Å². The van der Waals surface area contributed by atoms with Crippen LogP contribution in [0.2, 0.25) is 0 Å². The highest BCUT2D eigenvalue weighted by atomic mass is 16.3. The zero-order chi connectivity index (χ0) is 9.73. The van der Waals surface area contributed by atoms with Crippen LogP contribution in [0.1, 0.15) is 39.0 Å². The van der Waals surface area contributed by atoms with Gasteiger partial charge in [0.2, 0.25) is 0 Å². The highest BCUT2D eigenvalue weighted by Crippen LogP contribution is 2.37. The molecule has 0 aromatic rings. The van der Waals surface area contributed by atoms with E-state index >= 15 is 0 Å². The average Bonchev–Trinajstić information content (AvgIpc) is 2.54. The molecular weight excluding hydrogens is 162 g/mol. The Kier molecular flexibility index (Phi) is 4.20. The molecule has 0 unspecified atom stereocenters. The van der Waals surface area contributed by atoms with Gasteiger partial charge < -0.3 is 10.0 Å². The van der Waals surface area contributed by atoms with E-state index < -0.39 is 0 Å². The van der Waals surface area contributed by atoms with E-state index in [-0.39, 0.29) is 5.41 Å². The molecule has 78 valence electrons. The zero-order valence-corrected chi connectivity index (χ0v) is 9.05. The quantitative estimate of drug-likeness (QED) is 0.707. The molecule has 2 heteroatoms. The van der Waals surface area contributed by atoms with Crippen molar-refractivity contribution in [2.24, 2.45) is 5.41 Å². The van der Waals surface area contributed by atoms with Crippen LogP contribution in [0, 0.1) is 5.41 Å². The summed E-state index contributed by atoms with van der Waals surface area (Å²) < 4.78 is 0. The molecule has 13 heavy (non-hydrogen) atoms. The lowest BCUT2D eigenvalue weighted by atomic mass is 9.87. The van der Waals surface area contributed by atoms with Gasteiger partial charge in [0.05, 0.1) is 0 Å². The second kappa shape index (κ2) is 4.97. The molecule has 0 aromatic heterocycles. The normalized spacial score (nSPS) is 21.2. The summed E-state index contributed by atoms with van der Waals surface area (Å²) >= 11 is 0. The van der Waals surface area contributed by atoms with Gasteiger partial charge in [-0.2, -0.15) is 0 Å². The number of aliphatic hydroxyl groups excluding tert-OH is 1. The molecule has 0 heterocycles. The maximum atomic E-state index is 9.41. The van der Waals surface area contributed by atoms with E-state index in [0.29, 0.717) is 6.61 Å². The first kappa shape index (κ1) is 11.0. The van der Waals surface area contributed by atoms with Crippen molar-refractivity contribution in [2.75, 3.05) is 26.7 Å². The Balaban J connectivity index is 2.38. The summed E-state index contributed by atoms with van der Waals surface area (Å²) in [7, 11) is 2.17. The summed E-state index contributed by atoms with van der Waals surface area (Å²) in [6.45, 7) is 4.82. The van der Waals surface area contributed by atoms with Gasteiger partial charge in [-0.25, -0.2) is 0 Å². The van der Waals surface area contributed by atoms with Crippen molar-refractivity contribution >= 4 is 0 Å². The van der Waals surface area contributed by atoms with Gasteiger partial charge in [0.15, 0.2) is 0 Å². The maximum Gasteiger partial charge on any atom is 0.0499 e. The van der Waals surface area contributed by atoms with Crippen LogP contribution in [-0.2, 0) is 0 Å². The van der Waals surface area contributed by atoms with Gasteiger partial charge in [-0.05, 0) is 32.9 Å². The number of rotatable bonds is 5. The summed E-state index contributed by atoms with van der Waals surface area (Å²) in [6, 6.07) is 0. The summed E-state index contributed by atoms with van der Waals surface area (Å²) in [5, 5.41) is 9.41. The van der Waals surface area contributed by atoms with E-state index in [9.17, 15) is 5.11 Å². The molecule has 0 spiro atoms. The standard InChI is InChI=1S/C11H23NO/c1-3-8-12(2)9-11(10-13)6-4-5-7-11/h13H,3-10H2,1-2H3. The highest BCUT2D eigenvalue weighted by molar-refractivity contribution is 4.86. The molecule has 0 atom stereocenters. The number of aliphatic hydroxyl groups is 1. The van der Waals surface area contributed by atoms with E-state index in [2.05, 4.69) is 18.9 Å². The summed E-state index contributed by atoms with van der Waals surface area (Å²) in [6.07, 6.45) is 6.26. The smallest absolute Gasteiger partial charge is 0.0499 e. The molecule has 2 nitrogen and oxygen atoms in total. The van der Waals surface area contributed by atoms with Crippen molar-refractivity contribution < 1.29 is 5.11 Å². The lowest BCUT2D eigenvalue weighted by molar-refractivity contribution is 0.0890. The molecule has 1 rings (SSSR count). The monoisotopic (exact) mass is 185 g/mol. The third-order valence-corrected chi connectivity index (χ3v) is 3.21. The van der Waals surface area contributed by atoms with E-state index in [1.165, 1.54) is 32.1 Å². The van der Waals surface area contributed by atoms with Crippen LogP contribution in [0.4, 0.5) is 0 Å². The molecule has 0 radical (unpaired) electrons. The lowest BCUT2D eigenvalue weighted by Crippen LogP contribution is -2.36. The van der Waals surface area contributed by atoms with Crippen molar-refractivity contribution in [3.8, 4) is 0 Å². The van der Waals surface area contributed by atoms with E-state index in [1.54, 1.807) is 0 Å². The van der Waals surface area contributed by atoms with Gasteiger partial charge >= 0.3 is 0 Å². The van der Waals surface area contributed by atoms with E-state index in [4.69, 9.17) is 0 Å². The average molecular weight is 185 g/mol. The van der Waals surface area contributed by atoms with Crippen LogP contribution in [0.25, 0.3) is 0 Å². The van der Waals surface area contributed by atoms with Gasteiger partial charge in [-0.15, -0.1) is 0 Å². The largest absolute Gasteiger partial charge is 0.396 e. The first-order chi connectivity index (χ1) is 6.22. The van der Waals surface area contributed by atoms with Crippen molar-refractivity contribution in [2.45, 2.75) is 39.0 Å². The van der Waals surface area contributed by atoms with Crippen LogP contribution in [0.3, 0.4) is 0 Å². The summed E-state index contributed by atoms with van der Waals surface area (Å²) in [5.41, 5.74) is 0.240. The SMILES string of the molecule is CCCN(C)CC1(CO)CCCC1. The van der Waals surface area contributed by atoms with E-state index in [0.717, 1.165) is 13.1 Å². The first-order valence-corrected chi connectivity index (χ1v) is 5.52. The van der Waals surface area contributed by atoms with Gasteiger partial charge in [-0.3, -0.25) is 0 Å². The molecule has 0 aliphatic heterocycles. The summed E-state index contributed by atoms with van der Waals surface area (Å²) in [5.74, 6) is 0. The molecular formula is C11H23NO. The third kappa shape index (κ3) is 2.96. The second-order valence-electron chi connectivity index (χ2n) is 4.60. The lowest BCUT2D eigenvalue weighted by Gasteiger charge is -2.31. The van der Waals surface area contributed by atoms with Gasteiger partial charge in [0.1, 0.15) is 0 Å². The number of nitrogens with zero attached hydrogens (tertiary/aromatic N) is 1. The fourth-order valence-corrected chi connectivity index (χ4v) is 2.52. The molecule has 1 aliphatic carbocycles.